The fraction of sp³-hybridized carbons (Fsp3) is 0.261. The molecule has 6 nitrogen and oxygen atoms in total. The molecule has 1 aliphatic rings. The third-order valence-electron chi connectivity index (χ3n) is 10.6. The molecule has 0 radical (unpaired) electrons. The van der Waals surface area contributed by atoms with E-state index in [1.54, 1.807) is 14.2 Å². The summed E-state index contributed by atoms with van der Waals surface area (Å²) in [7, 11) is 3.34. The lowest BCUT2D eigenvalue weighted by Crippen LogP contribution is -2.51. The third kappa shape index (κ3) is 7.52. The SMILES string of the molecule is COc1cccc(Cn2cc(C3CCN(C(=O)C(Cc4ccccc4)(Cc4cccc(OC)c4)C(=O)CCc4ccccc4)C3)c3ccccc32)c1. The molecule has 7 rings (SSSR count). The number of ether oxygens (including phenoxy) is 2. The minimum absolute atomic E-state index is 0.0219. The first-order chi connectivity index (χ1) is 25.5. The lowest BCUT2D eigenvalue weighted by molar-refractivity contribution is -0.149. The molecule has 0 spiro atoms. The summed E-state index contributed by atoms with van der Waals surface area (Å²) in [6.07, 6.45) is 4.59. The van der Waals surface area contributed by atoms with Crippen LogP contribution in [0.25, 0.3) is 10.9 Å². The Hall–Kier alpha value is -5.62. The van der Waals surface area contributed by atoms with E-state index in [2.05, 4.69) is 47.2 Å². The smallest absolute Gasteiger partial charge is 0.236 e. The van der Waals surface area contributed by atoms with Crippen LogP contribution in [0.15, 0.2) is 140 Å². The van der Waals surface area contributed by atoms with Gasteiger partial charge in [0.05, 0.1) is 14.2 Å². The standard InChI is InChI=1S/C46H46N2O4/c1-51-39-19-11-17-36(27-39)30-46(29-35-15-7-4-8-16-35,44(49)24-23-34-13-5-3-6-14-34)45(50)47-26-25-38(32-47)42-33-48(43-22-10-9-21-41(42)43)31-37-18-12-20-40(28-37)52-2/h3-22,27-28,33,38H,23-26,29-32H2,1-2H3. The molecule has 0 aliphatic carbocycles. The second kappa shape index (κ2) is 15.7. The van der Waals surface area contributed by atoms with Crippen molar-refractivity contribution in [2.24, 2.45) is 5.41 Å². The van der Waals surface area contributed by atoms with E-state index in [1.807, 2.05) is 102 Å². The van der Waals surface area contributed by atoms with E-state index in [9.17, 15) is 4.79 Å². The maximum atomic E-state index is 15.3. The number of fused-ring (bicyclic) bond motifs is 1. The topological polar surface area (TPSA) is 60.8 Å². The zero-order chi connectivity index (χ0) is 35.9. The molecule has 2 atom stereocenters. The Balaban J connectivity index is 1.23. The summed E-state index contributed by atoms with van der Waals surface area (Å²) in [6, 6.07) is 44.6. The van der Waals surface area contributed by atoms with Crippen LogP contribution in [0.3, 0.4) is 0 Å². The summed E-state index contributed by atoms with van der Waals surface area (Å²) in [5.74, 6) is 1.59. The van der Waals surface area contributed by atoms with Crippen LogP contribution < -0.4 is 9.47 Å². The number of Topliss-reactive ketones (excluding diaryl/α,β-unsaturated/α-hetero) is 1. The molecule has 0 N–H and O–H groups in total. The molecule has 1 saturated heterocycles. The molecule has 2 heterocycles. The lowest BCUT2D eigenvalue weighted by Gasteiger charge is -2.35. The van der Waals surface area contributed by atoms with Gasteiger partial charge in [-0.15, -0.1) is 0 Å². The number of carbonyl (C=O) groups is 2. The molecule has 0 bridgehead atoms. The quantitative estimate of drug-likeness (QED) is 0.107. The van der Waals surface area contributed by atoms with Crippen LogP contribution >= 0.6 is 0 Å². The first-order valence-corrected chi connectivity index (χ1v) is 18.2. The van der Waals surface area contributed by atoms with Crippen LogP contribution in [0.4, 0.5) is 0 Å². The Bertz CT molecular complexity index is 2140. The number of likely N-dealkylation sites (tertiary alicyclic amines) is 1. The monoisotopic (exact) mass is 690 g/mol. The summed E-state index contributed by atoms with van der Waals surface area (Å²) in [5, 5.41) is 1.20. The van der Waals surface area contributed by atoms with Crippen molar-refractivity contribution in [2.45, 2.75) is 44.6 Å². The molecular formula is C46H46N2O4. The molecule has 1 amide bonds. The average Bonchev–Trinajstić information content (AvgIpc) is 3.83. The van der Waals surface area contributed by atoms with Gasteiger partial charge in [-0.05, 0) is 83.8 Å². The van der Waals surface area contributed by atoms with Crippen LogP contribution in [0.5, 0.6) is 11.5 Å². The Labute approximate surface area is 306 Å². The van der Waals surface area contributed by atoms with Crippen molar-refractivity contribution in [3.8, 4) is 11.5 Å². The molecule has 6 aromatic rings. The van der Waals surface area contributed by atoms with Crippen LogP contribution in [0.2, 0.25) is 0 Å². The Morgan fingerprint density at radius 3 is 2.00 bits per heavy atom. The van der Waals surface area contributed by atoms with Crippen molar-refractivity contribution in [1.82, 2.24) is 9.47 Å². The largest absolute Gasteiger partial charge is 0.497 e. The Morgan fingerprint density at radius 1 is 0.692 bits per heavy atom. The van der Waals surface area contributed by atoms with E-state index in [-0.39, 0.29) is 24.0 Å². The van der Waals surface area contributed by atoms with Gasteiger partial charge < -0.3 is 18.9 Å². The lowest BCUT2D eigenvalue weighted by atomic mass is 9.70. The van der Waals surface area contributed by atoms with Gasteiger partial charge in [-0.2, -0.15) is 0 Å². The number of hydrogen-bond donors (Lipinski definition) is 0. The minimum atomic E-state index is -1.28. The molecule has 1 fully saturated rings. The average molecular weight is 691 g/mol. The van der Waals surface area contributed by atoms with Crippen molar-refractivity contribution in [1.29, 1.82) is 0 Å². The van der Waals surface area contributed by atoms with E-state index in [0.717, 1.165) is 39.9 Å². The van der Waals surface area contributed by atoms with Crippen molar-refractivity contribution in [3.05, 3.63) is 167 Å². The highest BCUT2D eigenvalue weighted by molar-refractivity contribution is 6.07. The fourth-order valence-corrected chi connectivity index (χ4v) is 7.95. The van der Waals surface area contributed by atoms with Crippen molar-refractivity contribution < 1.29 is 19.1 Å². The number of para-hydroxylation sites is 1. The fourth-order valence-electron chi connectivity index (χ4n) is 7.95. The molecule has 264 valence electrons. The van der Waals surface area contributed by atoms with E-state index in [4.69, 9.17) is 9.47 Å². The van der Waals surface area contributed by atoms with Crippen molar-refractivity contribution in [3.63, 3.8) is 0 Å². The van der Waals surface area contributed by atoms with E-state index >= 15 is 4.79 Å². The van der Waals surface area contributed by atoms with Gasteiger partial charge in [0.2, 0.25) is 5.91 Å². The number of rotatable bonds is 14. The maximum absolute atomic E-state index is 15.3. The Morgan fingerprint density at radius 2 is 1.29 bits per heavy atom. The Kier molecular flexibility index (Phi) is 10.5. The van der Waals surface area contributed by atoms with Gasteiger partial charge in [0.1, 0.15) is 22.7 Å². The van der Waals surface area contributed by atoms with Gasteiger partial charge in [0, 0.05) is 49.1 Å². The number of benzene rings is 5. The number of carbonyl (C=O) groups excluding carboxylic acids is 2. The minimum Gasteiger partial charge on any atom is -0.497 e. The first-order valence-electron chi connectivity index (χ1n) is 18.2. The number of ketones is 1. The van der Waals surface area contributed by atoms with Gasteiger partial charge >= 0.3 is 0 Å². The highest BCUT2D eigenvalue weighted by Crippen LogP contribution is 2.39. The van der Waals surface area contributed by atoms with Gasteiger partial charge in [-0.3, -0.25) is 9.59 Å². The summed E-state index contributed by atoms with van der Waals surface area (Å²) < 4.78 is 13.4. The summed E-state index contributed by atoms with van der Waals surface area (Å²) in [4.78, 5) is 32.1. The second-order valence-corrected chi connectivity index (χ2v) is 14.0. The van der Waals surface area contributed by atoms with E-state index in [0.29, 0.717) is 44.6 Å². The number of amides is 1. The number of hydrogen-bond acceptors (Lipinski definition) is 4. The zero-order valence-corrected chi connectivity index (χ0v) is 30.0. The molecule has 5 aromatic carbocycles. The summed E-state index contributed by atoms with van der Waals surface area (Å²) >= 11 is 0. The number of methoxy groups -OCH3 is 2. The van der Waals surface area contributed by atoms with Crippen LogP contribution in [-0.4, -0.2) is 48.5 Å². The normalized spacial score (nSPS) is 15.3. The predicted molar refractivity (Wildman–Crippen MR) is 207 cm³/mol. The molecular weight excluding hydrogens is 645 g/mol. The summed E-state index contributed by atoms with van der Waals surface area (Å²) in [5.41, 5.74) is 5.26. The predicted octanol–water partition coefficient (Wildman–Crippen LogP) is 8.70. The van der Waals surface area contributed by atoms with Gasteiger partial charge in [0.25, 0.3) is 0 Å². The number of aryl methyl sites for hydroxylation is 1. The van der Waals surface area contributed by atoms with Crippen molar-refractivity contribution in [2.75, 3.05) is 27.3 Å². The van der Waals surface area contributed by atoms with Crippen LogP contribution in [-0.2, 0) is 35.4 Å². The van der Waals surface area contributed by atoms with Crippen LogP contribution in [0.1, 0.15) is 46.6 Å². The van der Waals surface area contributed by atoms with Gasteiger partial charge in [-0.25, -0.2) is 0 Å². The summed E-state index contributed by atoms with van der Waals surface area (Å²) in [6.45, 7) is 1.87. The number of nitrogens with zero attached hydrogens (tertiary/aromatic N) is 2. The number of aromatic nitrogens is 1. The first kappa shape index (κ1) is 34.8. The van der Waals surface area contributed by atoms with Gasteiger partial charge in [-0.1, -0.05) is 103 Å². The zero-order valence-electron chi connectivity index (χ0n) is 30.0. The second-order valence-electron chi connectivity index (χ2n) is 14.0. The molecule has 2 unspecified atom stereocenters. The molecule has 1 aromatic heterocycles. The molecule has 52 heavy (non-hydrogen) atoms. The molecule has 6 heteroatoms. The highest BCUT2D eigenvalue weighted by Gasteiger charge is 2.48. The van der Waals surface area contributed by atoms with E-state index in [1.165, 1.54) is 10.9 Å². The maximum Gasteiger partial charge on any atom is 0.236 e. The van der Waals surface area contributed by atoms with Crippen molar-refractivity contribution >= 4 is 22.6 Å². The van der Waals surface area contributed by atoms with Crippen LogP contribution in [0, 0.1) is 5.41 Å². The molecule has 0 saturated carbocycles. The highest BCUT2D eigenvalue weighted by atomic mass is 16.5. The van der Waals surface area contributed by atoms with Gasteiger partial charge in [0.15, 0.2) is 0 Å². The van der Waals surface area contributed by atoms with E-state index < -0.39 is 5.41 Å². The molecule has 1 aliphatic heterocycles. The third-order valence-corrected chi connectivity index (χ3v) is 10.6.